The molecule has 0 aliphatic rings. The van der Waals surface area contributed by atoms with Crippen LogP contribution in [0.3, 0.4) is 0 Å². The molecule has 0 fully saturated rings. The van der Waals surface area contributed by atoms with E-state index in [-0.39, 0.29) is 1.43 Å². The molecule has 0 amide bonds. The molecule has 0 aliphatic heterocycles. The lowest BCUT2D eigenvalue weighted by Gasteiger charge is -1.98. The summed E-state index contributed by atoms with van der Waals surface area (Å²) < 4.78 is 0. The van der Waals surface area contributed by atoms with E-state index >= 15 is 0 Å². The molecule has 0 bridgehead atoms. The highest BCUT2D eigenvalue weighted by Gasteiger charge is 1.88. The molecule has 2 N–H and O–H groups in total. The van der Waals surface area contributed by atoms with E-state index in [0.29, 0.717) is 0 Å². The van der Waals surface area contributed by atoms with E-state index in [4.69, 9.17) is 5.90 Å². The SMILES string of the molecule is C/C=C/C(C)=C(/C)ON.[HH]. The topological polar surface area (TPSA) is 35.2 Å². The average molecular weight is 129 g/mol. The van der Waals surface area contributed by atoms with E-state index in [1.54, 1.807) is 0 Å². The Balaban J connectivity index is 0. The van der Waals surface area contributed by atoms with Crippen molar-refractivity contribution in [1.82, 2.24) is 0 Å². The second-order valence-corrected chi connectivity index (χ2v) is 1.86. The van der Waals surface area contributed by atoms with Gasteiger partial charge in [-0.1, -0.05) is 12.2 Å². The van der Waals surface area contributed by atoms with Gasteiger partial charge in [-0.05, 0) is 26.3 Å². The fourth-order valence-corrected chi connectivity index (χ4v) is 0.460. The van der Waals surface area contributed by atoms with E-state index in [2.05, 4.69) is 4.84 Å². The van der Waals surface area contributed by atoms with E-state index in [0.717, 1.165) is 11.3 Å². The molecule has 54 valence electrons. The molecule has 0 aliphatic carbocycles. The lowest BCUT2D eigenvalue weighted by molar-refractivity contribution is 0.220. The third-order valence-corrected chi connectivity index (χ3v) is 1.15. The summed E-state index contributed by atoms with van der Waals surface area (Å²) in [7, 11) is 0. The third kappa shape index (κ3) is 2.93. The van der Waals surface area contributed by atoms with Gasteiger partial charge in [-0.3, -0.25) is 0 Å². The molecule has 0 spiro atoms. The Morgan fingerprint density at radius 1 is 1.56 bits per heavy atom. The van der Waals surface area contributed by atoms with Crippen LogP contribution >= 0.6 is 0 Å². The fourth-order valence-electron chi connectivity index (χ4n) is 0.460. The van der Waals surface area contributed by atoms with Crippen LogP contribution in [0.25, 0.3) is 0 Å². The van der Waals surface area contributed by atoms with Crippen LogP contribution in [-0.4, -0.2) is 0 Å². The van der Waals surface area contributed by atoms with Crippen LogP contribution in [0.5, 0.6) is 0 Å². The zero-order valence-corrected chi connectivity index (χ0v) is 6.14. The summed E-state index contributed by atoms with van der Waals surface area (Å²) in [6.07, 6.45) is 3.89. The minimum atomic E-state index is 0. The van der Waals surface area contributed by atoms with Crippen LogP contribution in [0.1, 0.15) is 22.2 Å². The van der Waals surface area contributed by atoms with Crippen molar-refractivity contribution < 1.29 is 6.26 Å². The Hall–Kier alpha value is -0.760. The van der Waals surface area contributed by atoms with Gasteiger partial charge in [0.2, 0.25) is 0 Å². The largest absolute Gasteiger partial charge is 0.416 e. The van der Waals surface area contributed by atoms with E-state index in [9.17, 15) is 0 Å². The van der Waals surface area contributed by atoms with Crippen LogP contribution in [0, 0.1) is 0 Å². The smallest absolute Gasteiger partial charge is 0.123 e. The second kappa shape index (κ2) is 4.15. The summed E-state index contributed by atoms with van der Waals surface area (Å²) in [5.41, 5.74) is 1.06. The molecular formula is C7H15NO. The first-order valence-electron chi connectivity index (χ1n) is 2.89. The van der Waals surface area contributed by atoms with E-state index < -0.39 is 0 Å². The molecule has 0 rings (SSSR count). The van der Waals surface area contributed by atoms with Crippen molar-refractivity contribution in [1.29, 1.82) is 0 Å². The van der Waals surface area contributed by atoms with Crippen molar-refractivity contribution in [3.05, 3.63) is 23.5 Å². The van der Waals surface area contributed by atoms with Gasteiger partial charge in [0.05, 0.1) is 0 Å². The maximum absolute atomic E-state index is 4.91. The van der Waals surface area contributed by atoms with Crippen molar-refractivity contribution in [2.24, 2.45) is 5.90 Å². The van der Waals surface area contributed by atoms with Gasteiger partial charge < -0.3 is 4.84 Å². The summed E-state index contributed by atoms with van der Waals surface area (Å²) >= 11 is 0. The monoisotopic (exact) mass is 129 g/mol. The standard InChI is InChI=1S/C7H13NO.H2/c1-4-5-6(2)7(3)9-8;/h4-5H,8H2,1-3H3;1H/b5-4+,7-6-;. The molecule has 0 aromatic carbocycles. The van der Waals surface area contributed by atoms with Crippen molar-refractivity contribution >= 4 is 0 Å². The Kier molecular flexibility index (Phi) is 3.80. The summed E-state index contributed by atoms with van der Waals surface area (Å²) in [6.45, 7) is 5.73. The zero-order valence-electron chi connectivity index (χ0n) is 6.14. The van der Waals surface area contributed by atoms with Gasteiger partial charge in [0.15, 0.2) is 0 Å². The van der Waals surface area contributed by atoms with Crippen molar-refractivity contribution in [3.63, 3.8) is 0 Å². The van der Waals surface area contributed by atoms with Crippen molar-refractivity contribution in [3.8, 4) is 0 Å². The van der Waals surface area contributed by atoms with Crippen molar-refractivity contribution in [2.45, 2.75) is 20.8 Å². The Bertz CT molecular complexity index is 141. The van der Waals surface area contributed by atoms with Crippen LogP contribution in [-0.2, 0) is 4.84 Å². The predicted octanol–water partition coefficient (Wildman–Crippen LogP) is 1.99. The first-order chi connectivity index (χ1) is 4.22. The molecule has 0 atom stereocenters. The molecular weight excluding hydrogens is 114 g/mol. The summed E-state index contributed by atoms with van der Waals surface area (Å²) in [6, 6.07) is 0. The number of hydrogen-bond acceptors (Lipinski definition) is 2. The average Bonchev–Trinajstić information content (AvgIpc) is 1.87. The van der Waals surface area contributed by atoms with Crippen LogP contribution in [0.15, 0.2) is 23.5 Å². The highest BCUT2D eigenvalue weighted by atomic mass is 16.6. The Morgan fingerprint density at radius 2 is 2.11 bits per heavy atom. The zero-order chi connectivity index (χ0) is 7.28. The van der Waals surface area contributed by atoms with Crippen LogP contribution in [0.4, 0.5) is 0 Å². The van der Waals surface area contributed by atoms with Gasteiger partial charge in [-0.2, -0.15) is 5.90 Å². The maximum atomic E-state index is 4.91. The normalized spacial score (nSPS) is 13.8. The molecule has 2 heteroatoms. The molecule has 0 heterocycles. The fraction of sp³-hybridized carbons (Fsp3) is 0.429. The second-order valence-electron chi connectivity index (χ2n) is 1.86. The molecule has 0 saturated carbocycles. The number of allylic oxidation sites excluding steroid dienone is 4. The van der Waals surface area contributed by atoms with Gasteiger partial charge >= 0.3 is 0 Å². The molecule has 2 nitrogen and oxygen atoms in total. The van der Waals surface area contributed by atoms with E-state index in [1.165, 1.54) is 0 Å². The first-order valence-corrected chi connectivity index (χ1v) is 2.89. The van der Waals surface area contributed by atoms with Gasteiger partial charge in [0.25, 0.3) is 0 Å². The van der Waals surface area contributed by atoms with Gasteiger partial charge in [-0.25, -0.2) is 0 Å². The highest BCUT2D eigenvalue weighted by Crippen LogP contribution is 2.02. The predicted molar refractivity (Wildman–Crippen MR) is 40.6 cm³/mol. The molecule has 9 heavy (non-hydrogen) atoms. The minimum Gasteiger partial charge on any atom is -0.416 e. The minimum absolute atomic E-state index is 0. The summed E-state index contributed by atoms with van der Waals surface area (Å²) in [5, 5.41) is 0. The van der Waals surface area contributed by atoms with E-state index in [1.807, 2.05) is 32.9 Å². The lowest BCUT2D eigenvalue weighted by atomic mass is 10.2. The lowest BCUT2D eigenvalue weighted by Crippen LogP contribution is -1.96. The summed E-state index contributed by atoms with van der Waals surface area (Å²) in [4.78, 5) is 4.49. The summed E-state index contributed by atoms with van der Waals surface area (Å²) in [5.74, 6) is 5.67. The number of hydrogen-bond donors (Lipinski definition) is 1. The maximum Gasteiger partial charge on any atom is 0.123 e. The molecule has 0 radical (unpaired) electrons. The quantitative estimate of drug-likeness (QED) is 0.351. The number of nitrogens with two attached hydrogens (primary N) is 1. The first kappa shape index (κ1) is 8.24. The Morgan fingerprint density at radius 3 is 2.44 bits per heavy atom. The van der Waals surface area contributed by atoms with Crippen LogP contribution in [0.2, 0.25) is 0 Å². The molecule has 0 aromatic rings. The molecule has 0 saturated heterocycles. The van der Waals surface area contributed by atoms with Gasteiger partial charge in [0, 0.05) is 1.43 Å². The molecule has 0 aromatic heterocycles. The van der Waals surface area contributed by atoms with Crippen molar-refractivity contribution in [2.75, 3.05) is 0 Å². The van der Waals surface area contributed by atoms with Gasteiger partial charge in [-0.15, -0.1) is 0 Å². The molecule has 0 unspecified atom stereocenters. The third-order valence-electron chi connectivity index (χ3n) is 1.15. The Labute approximate surface area is 57.4 Å². The number of rotatable bonds is 2. The highest BCUT2D eigenvalue weighted by molar-refractivity contribution is 5.17. The van der Waals surface area contributed by atoms with Crippen LogP contribution < -0.4 is 5.90 Å². The van der Waals surface area contributed by atoms with Gasteiger partial charge in [0.1, 0.15) is 5.76 Å².